The third-order valence-electron chi connectivity index (χ3n) is 4.84. The molecule has 6 nitrogen and oxygen atoms in total. The number of aryl methyl sites for hydroxylation is 1. The Bertz CT molecular complexity index is 962. The number of nitrogens with two attached hydrogens (primary N) is 1. The summed E-state index contributed by atoms with van der Waals surface area (Å²) in [7, 11) is 3.27. The Kier molecular flexibility index (Phi) is 6.42. The number of ether oxygens (including phenoxy) is 2. The largest absolute Gasteiger partial charge is 0.493 e. The number of nitrogens with one attached hydrogen (secondary N) is 2. The maximum Gasteiger partial charge on any atom is 0.188 e. The summed E-state index contributed by atoms with van der Waals surface area (Å²) >= 11 is 0. The molecule has 0 fully saturated rings. The van der Waals surface area contributed by atoms with E-state index in [1.165, 1.54) is 22.0 Å². The number of hydrogen-bond acceptors (Lipinski definition) is 3. The smallest absolute Gasteiger partial charge is 0.188 e. The Morgan fingerprint density at radius 1 is 1.11 bits per heavy atom. The van der Waals surface area contributed by atoms with Gasteiger partial charge in [-0.3, -0.25) is 4.99 Å². The molecule has 0 saturated heterocycles. The van der Waals surface area contributed by atoms with Gasteiger partial charge < -0.3 is 25.5 Å². The van der Waals surface area contributed by atoms with E-state index in [4.69, 9.17) is 15.2 Å². The minimum Gasteiger partial charge on any atom is -0.493 e. The summed E-state index contributed by atoms with van der Waals surface area (Å²) in [6, 6.07) is 12.3. The summed E-state index contributed by atoms with van der Waals surface area (Å²) in [5, 5.41) is 4.43. The van der Waals surface area contributed by atoms with Gasteiger partial charge in [-0.2, -0.15) is 0 Å². The van der Waals surface area contributed by atoms with Gasteiger partial charge in [0.25, 0.3) is 0 Å². The maximum absolute atomic E-state index is 6.00. The molecule has 0 spiro atoms. The fourth-order valence-electron chi connectivity index (χ4n) is 3.29. The van der Waals surface area contributed by atoms with Crippen LogP contribution in [0.3, 0.4) is 0 Å². The van der Waals surface area contributed by atoms with Crippen molar-refractivity contribution in [1.29, 1.82) is 0 Å². The second-order valence-electron chi connectivity index (χ2n) is 6.69. The highest BCUT2D eigenvalue weighted by molar-refractivity contribution is 5.86. The molecule has 1 heterocycles. The molecule has 0 radical (unpaired) electrons. The normalized spacial score (nSPS) is 11.6. The first-order valence-electron chi connectivity index (χ1n) is 9.42. The van der Waals surface area contributed by atoms with Gasteiger partial charge in [0.2, 0.25) is 0 Å². The van der Waals surface area contributed by atoms with Crippen LogP contribution in [0.4, 0.5) is 0 Å². The molecule has 0 unspecified atom stereocenters. The molecule has 2 aromatic carbocycles. The summed E-state index contributed by atoms with van der Waals surface area (Å²) in [6.45, 7) is 3.47. The Morgan fingerprint density at radius 3 is 2.71 bits per heavy atom. The zero-order chi connectivity index (χ0) is 19.9. The van der Waals surface area contributed by atoms with Gasteiger partial charge in [0.1, 0.15) is 0 Å². The summed E-state index contributed by atoms with van der Waals surface area (Å²) in [5.41, 5.74) is 10.9. The molecule has 148 valence electrons. The van der Waals surface area contributed by atoms with Crippen LogP contribution in [0.2, 0.25) is 0 Å². The lowest BCUT2D eigenvalue weighted by molar-refractivity contribution is 0.354. The zero-order valence-corrected chi connectivity index (χ0v) is 16.7. The van der Waals surface area contributed by atoms with E-state index in [1.54, 1.807) is 14.2 Å². The number of aliphatic imine (C=N–C) groups is 1. The molecule has 0 bridgehead atoms. The van der Waals surface area contributed by atoms with E-state index in [-0.39, 0.29) is 0 Å². The van der Waals surface area contributed by atoms with Crippen molar-refractivity contribution in [2.24, 2.45) is 10.7 Å². The minimum atomic E-state index is 0.469. The highest BCUT2D eigenvalue weighted by Crippen LogP contribution is 2.27. The molecule has 0 atom stereocenters. The summed E-state index contributed by atoms with van der Waals surface area (Å²) in [4.78, 5) is 7.80. The van der Waals surface area contributed by atoms with Crippen molar-refractivity contribution >= 4 is 16.9 Å². The second-order valence-corrected chi connectivity index (χ2v) is 6.69. The number of aromatic amines is 1. The zero-order valence-electron chi connectivity index (χ0n) is 16.7. The van der Waals surface area contributed by atoms with Crippen molar-refractivity contribution in [2.75, 3.05) is 27.3 Å². The predicted octanol–water partition coefficient (Wildman–Crippen LogP) is 3.18. The van der Waals surface area contributed by atoms with Gasteiger partial charge in [0, 0.05) is 30.2 Å². The Labute approximate surface area is 165 Å². The minimum absolute atomic E-state index is 0.469. The van der Waals surface area contributed by atoms with E-state index < -0.39 is 0 Å². The first-order chi connectivity index (χ1) is 13.6. The molecule has 0 amide bonds. The molecule has 0 aliphatic rings. The monoisotopic (exact) mass is 380 g/mol. The first kappa shape index (κ1) is 19.6. The van der Waals surface area contributed by atoms with Crippen molar-refractivity contribution in [3.05, 3.63) is 59.3 Å². The summed E-state index contributed by atoms with van der Waals surface area (Å²) in [6.07, 6.45) is 3.73. The molecule has 0 aliphatic carbocycles. The molecule has 4 N–H and O–H groups in total. The Balaban J connectivity index is 1.49. The van der Waals surface area contributed by atoms with Gasteiger partial charge in [-0.05, 0) is 48.6 Å². The summed E-state index contributed by atoms with van der Waals surface area (Å²) in [5.74, 6) is 1.93. The van der Waals surface area contributed by atoms with Crippen molar-refractivity contribution < 1.29 is 9.47 Å². The molecule has 3 rings (SSSR count). The molecular weight excluding hydrogens is 352 g/mol. The van der Waals surface area contributed by atoms with Crippen LogP contribution in [-0.4, -0.2) is 38.3 Å². The Hall–Kier alpha value is -3.15. The van der Waals surface area contributed by atoms with Gasteiger partial charge >= 0.3 is 0 Å². The van der Waals surface area contributed by atoms with Crippen LogP contribution in [-0.2, 0) is 12.8 Å². The number of rotatable bonds is 8. The van der Waals surface area contributed by atoms with Crippen molar-refractivity contribution in [3.8, 4) is 11.5 Å². The lowest BCUT2D eigenvalue weighted by Crippen LogP contribution is -2.33. The third-order valence-corrected chi connectivity index (χ3v) is 4.84. The molecule has 28 heavy (non-hydrogen) atoms. The molecule has 1 aromatic heterocycles. The Morgan fingerprint density at radius 2 is 1.93 bits per heavy atom. The van der Waals surface area contributed by atoms with Crippen LogP contribution >= 0.6 is 0 Å². The van der Waals surface area contributed by atoms with E-state index in [2.05, 4.69) is 46.6 Å². The average molecular weight is 380 g/mol. The van der Waals surface area contributed by atoms with Crippen LogP contribution in [0.25, 0.3) is 10.9 Å². The molecular formula is C22H28N4O2. The number of H-pyrrole nitrogens is 1. The van der Waals surface area contributed by atoms with E-state index in [0.717, 1.165) is 29.9 Å². The quantitative estimate of drug-likeness (QED) is 0.414. The van der Waals surface area contributed by atoms with Crippen molar-refractivity contribution in [2.45, 2.75) is 19.8 Å². The van der Waals surface area contributed by atoms with Gasteiger partial charge in [-0.25, -0.2) is 0 Å². The van der Waals surface area contributed by atoms with Crippen LogP contribution in [0.1, 0.15) is 16.7 Å². The number of fused-ring (bicyclic) bond motifs is 1. The van der Waals surface area contributed by atoms with E-state index in [9.17, 15) is 0 Å². The van der Waals surface area contributed by atoms with E-state index in [1.807, 2.05) is 18.2 Å². The molecule has 3 aromatic rings. The highest BCUT2D eigenvalue weighted by atomic mass is 16.5. The molecule has 6 heteroatoms. The van der Waals surface area contributed by atoms with E-state index >= 15 is 0 Å². The maximum atomic E-state index is 6.00. The van der Waals surface area contributed by atoms with Crippen LogP contribution < -0.4 is 20.5 Å². The van der Waals surface area contributed by atoms with Gasteiger partial charge in [-0.15, -0.1) is 0 Å². The fourth-order valence-corrected chi connectivity index (χ4v) is 3.29. The standard InChI is InChI=1S/C22H28N4O2/c1-15-5-4-6-18-17(14-26-21(15)18)10-12-25-22(23)24-11-9-16-7-8-19(27-2)20(13-16)28-3/h4-8,13-14,26H,9-12H2,1-3H3,(H3,23,24,25). The van der Waals surface area contributed by atoms with Crippen LogP contribution in [0.15, 0.2) is 47.6 Å². The highest BCUT2D eigenvalue weighted by Gasteiger charge is 2.06. The SMILES string of the molecule is COc1ccc(CCNC(N)=NCCc2c[nH]c3c(C)cccc23)cc1OC. The van der Waals surface area contributed by atoms with Gasteiger partial charge in [-0.1, -0.05) is 24.3 Å². The van der Waals surface area contributed by atoms with Crippen molar-refractivity contribution in [3.63, 3.8) is 0 Å². The number of benzene rings is 2. The van der Waals surface area contributed by atoms with Crippen molar-refractivity contribution in [1.82, 2.24) is 10.3 Å². The van der Waals surface area contributed by atoms with Gasteiger partial charge in [0.05, 0.1) is 14.2 Å². The number of hydrogen-bond donors (Lipinski definition) is 3. The second kappa shape index (κ2) is 9.17. The van der Waals surface area contributed by atoms with Crippen LogP contribution in [0, 0.1) is 6.92 Å². The average Bonchev–Trinajstić information content (AvgIpc) is 3.12. The predicted molar refractivity (Wildman–Crippen MR) is 114 cm³/mol. The third kappa shape index (κ3) is 4.57. The lowest BCUT2D eigenvalue weighted by Gasteiger charge is -2.10. The number of nitrogens with zero attached hydrogens (tertiary/aromatic N) is 1. The van der Waals surface area contributed by atoms with Crippen LogP contribution in [0.5, 0.6) is 11.5 Å². The summed E-state index contributed by atoms with van der Waals surface area (Å²) < 4.78 is 10.6. The van der Waals surface area contributed by atoms with E-state index in [0.29, 0.717) is 19.0 Å². The molecule has 0 saturated carbocycles. The molecule has 0 aliphatic heterocycles. The lowest BCUT2D eigenvalue weighted by atomic mass is 10.1. The number of methoxy groups -OCH3 is 2. The number of aromatic nitrogens is 1. The fraction of sp³-hybridized carbons (Fsp3) is 0.318. The van der Waals surface area contributed by atoms with Gasteiger partial charge in [0.15, 0.2) is 17.5 Å². The number of guanidine groups is 1. The topological polar surface area (TPSA) is 84.7 Å². The number of para-hydroxylation sites is 1. The first-order valence-corrected chi connectivity index (χ1v) is 9.42.